The Morgan fingerprint density at radius 1 is 1.35 bits per heavy atom. The maximum Gasteiger partial charge on any atom is 0.131 e. The molecule has 1 heterocycles. The Labute approximate surface area is 102 Å². The molecule has 0 bridgehead atoms. The van der Waals surface area contributed by atoms with Crippen LogP contribution < -0.4 is 10.6 Å². The van der Waals surface area contributed by atoms with Gasteiger partial charge >= 0.3 is 0 Å². The molecule has 1 aromatic heterocycles. The SMILES string of the molecule is CCCNc1cc(NC2CC(OC)C2)ncn1. The van der Waals surface area contributed by atoms with Crippen LogP contribution in [0.3, 0.4) is 0 Å². The summed E-state index contributed by atoms with van der Waals surface area (Å²) in [6.07, 6.45) is 5.20. The van der Waals surface area contributed by atoms with Crippen LogP contribution in [-0.2, 0) is 4.74 Å². The van der Waals surface area contributed by atoms with Crippen LogP contribution in [0.25, 0.3) is 0 Å². The fourth-order valence-electron chi connectivity index (χ4n) is 1.87. The molecule has 1 aliphatic rings. The summed E-state index contributed by atoms with van der Waals surface area (Å²) >= 11 is 0. The number of ether oxygens (including phenoxy) is 1. The molecular weight excluding hydrogens is 216 g/mol. The van der Waals surface area contributed by atoms with Crippen LogP contribution in [0.15, 0.2) is 12.4 Å². The van der Waals surface area contributed by atoms with E-state index in [0.29, 0.717) is 12.1 Å². The van der Waals surface area contributed by atoms with Crippen molar-refractivity contribution >= 4 is 11.6 Å². The molecule has 0 spiro atoms. The number of methoxy groups -OCH3 is 1. The van der Waals surface area contributed by atoms with Gasteiger partial charge in [-0.15, -0.1) is 0 Å². The van der Waals surface area contributed by atoms with E-state index >= 15 is 0 Å². The van der Waals surface area contributed by atoms with Crippen LogP contribution in [0.2, 0.25) is 0 Å². The average Bonchev–Trinajstić information content (AvgIpc) is 2.31. The molecule has 94 valence electrons. The number of aromatic nitrogens is 2. The van der Waals surface area contributed by atoms with Crippen molar-refractivity contribution in [3.63, 3.8) is 0 Å². The highest BCUT2D eigenvalue weighted by Gasteiger charge is 2.28. The predicted octanol–water partition coefficient (Wildman–Crippen LogP) is 1.89. The van der Waals surface area contributed by atoms with Gasteiger partial charge in [-0.2, -0.15) is 0 Å². The van der Waals surface area contributed by atoms with Crippen molar-refractivity contribution in [1.29, 1.82) is 0 Å². The molecule has 0 atom stereocenters. The molecule has 2 rings (SSSR count). The van der Waals surface area contributed by atoms with Crippen LogP contribution in [0.1, 0.15) is 26.2 Å². The summed E-state index contributed by atoms with van der Waals surface area (Å²) in [6, 6.07) is 2.43. The largest absolute Gasteiger partial charge is 0.381 e. The Balaban J connectivity index is 1.84. The number of nitrogens with one attached hydrogen (secondary N) is 2. The lowest BCUT2D eigenvalue weighted by Gasteiger charge is -2.34. The first-order chi connectivity index (χ1) is 8.31. The van der Waals surface area contributed by atoms with Gasteiger partial charge in [0, 0.05) is 25.8 Å². The summed E-state index contributed by atoms with van der Waals surface area (Å²) in [4.78, 5) is 8.39. The molecule has 5 heteroatoms. The Bertz CT molecular complexity index is 352. The number of anilines is 2. The first-order valence-corrected chi connectivity index (χ1v) is 6.17. The quantitative estimate of drug-likeness (QED) is 0.790. The van der Waals surface area contributed by atoms with E-state index in [9.17, 15) is 0 Å². The molecule has 0 aromatic carbocycles. The minimum Gasteiger partial charge on any atom is -0.381 e. The Morgan fingerprint density at radius 3 is 2.82 bits per heavy atom. The van der Waals surface area contributed by atoms with E-state index in [1.807, 2.05) is 6.07 Å². The summed E-state index contributed by atoms with van der Waals surface area (Å²) in [5.74, 6) is 1.77. The van der Waals surface area contributed by atoms with Gasteiger partial charge in [0.15, 0.2) is 0 Å². The second-order valence-corrected chi connectivity index (χ2v) is 4.39. The monoisotopic (exact) mass is 236 g/mol. The zero-order valence-electron chi connectivity index (χ0n) is 10.4. The first kappa shape index (κ1) is 12.1. The van der Waals surface area contributed by atoms with Gasteiger partial charge in [0.05, 0.1) is 6.10 Å². The maximum atomic E-state index is 5.25. The molecule has 0 saturated heterocycles. The highest BCUT2D eigenvalue weighted by molar-refractivity contribution is 5.47. The molecule has 1 aromatic rings. The molecule has 0 aliphatic heterocycles. The van der Waals surface area contributed by atoms with Crippen molar-refractivity contribution in [1.82, 2.24) is 9.97 Å². The smallest absolute Gasteiger partial charge is 0.131 e. The predicted molar refractivity (Wildman–Crippen MR) is 68.3 cm³/mol. The maximum absolute atomic E-state index is 5.25. The van der Waals surface area contributed by atoms with Gasteiger partial charge in [-0.1, -0.05) is 6.92 Å². The molecule has 1 fully saturated rings. The van der Waals surface area contributed by atoms with Crippen LogP contribution in [0.5, 0.6) is 0 Å². The van der Waals surface area contributed by atoms with Gasteiger partial charge in [0.25, 0.3) is 0 Å². The zero-order chi connectivity index (χ0) is 12.1. The van der Waals surface area contributed by atoms with Crippen molar-refractivity contribution in [2.45, 2.75) is 38.3 Å². The second-order valence-electron chi connectivity index (χ2n) is 4.39. The first-order valence-electron chi connectivity index (χ1n) is 6.17. The summed E-state index contributed by atoms with van der Waals surface area (Å²) in [5, 5.41) is 6.64. The summed E-state index contributed by atoms with van der Waals surface area (Å²) in [6.45, 7) is 3.07. The van der Waals surface area contributed by atoms with Crippen molar-refractivity contribution < 1.29 is 4.74 Å². The van der Waals surface area contributed by atoms with Gasteiger partial charge < -0.3 is 15.4 Å². The molecule has 0 unspecified atom stereocenters. The minimum absolute atomic E-state index is 0.409. The summed E-state index contributed by atoms with van der Waals surface area (Å²) in [5.41, 5.74) is 0. The Hall–Kier alpha value is -1.36. The fourth-order valence-corrected chi connectivity index (χ4v) is 1.87. The highest BCUT2D eigenvalue weighted by Crippen LogP contribution is 2.25. The number of nitrogens with zero attached hydrogens (tertiary/aromatic N) is 2. The second kappa shape index (κ2) is 5.82. The van der Waals surface area contributed by atoms with E-state index in [4.69, 9.17) is 4.74 Å². The summed E-state index contributed by atoms with van der Waals surface area (Å²) < 4.78 is 5.25. The van der Waals surface area contributed by atoms with E-state index in [2.05, 4.69) is 27.5 Å². The normalized spacial score (nSPS) is 22.9. The fraction of sp³-hybridized carbons (Fsp3) is 0.667. The van der Waals surface area contributed by atoms with Crippen molar-refractivity contribution in [2.75, 3.05) is 24.3 Å². The van der Waals surface area contributed by atoms with Gasteiger partial charge in [-0.25, -0.2) is 9.97 Å². The van der Waals surface area contributed by atoms with Crippen molar-refractivity contribution in [2.24, 2.45) is 0 Å². The lowest BCUT2D eigenvalue weighted by atomic mass is 9.89. The Morgan fingerprint density at radius 2 is 2.12 bits per heavy atom. The molecule has 0 amide bonds. The topological polar surface area (TPSA) is 59.1 Å². The third-order valence-corrected chi connectivity index (χ3v) is 3.00. The molecule has 2 N–H and O–H groups in total. The lowest BCUT2D eigenvalue weighted by Crippen LogP contribution is -2.40. The van der Waals surface area contributed by atoms with E-state index in [1.165, 1.54) is 0 Å². The third-order valence-electron chi connectivity index (χ3n) is 3.00. The number of rotatable bonds is 6. The molecule has 1 aliphatic carbocycles. The highest BCUT2D eigenvalue weighted by atomic mass is 16.5. The van der Waals surface area contributed by atoms with Gasteiger partial charge in [-0.05, 0) is 19.3 Å². The lowest BCUT2D eigenvalue weighted by molar-refractivity contribution is 0.0328. The van der Waals surface area contributed by atoms with Crippen LogP contribution in [0, 0.1) is 0 Å². The van der Waals surface area contributed by atoms with Gasteiger partial charge in [0.1, 0.15) is 18.0 Å². The summed E-state index contributed by atoms with van der Waals surface area (Å²) in [7, 11) is 1.76. The van der Waals surface area contributed by atoms with Crippen LogP contribution in [0.4, 0.5) is 11.6 Å². The number of hydrogen-bond donors (Lipinski definition) is 2. The van der Waals surface area contributed by atoms with Crippen molar-refractivity contribution in [3.8, 4) is 0 Å². The molecule has 0 radical (unpaired) electrons. The Kier molecular flexibility index (Phi) is 4.14. The van der Waals surface area contributed by atoms with Gasteiger partial charge in [-0.3, -0.25) is 0 Å². The van der Waals surface area contributed by atoms with E-state index in [0.717, 1.165) is 37.4 Å². The molecule has 1 saturated carbocycles. The molecular formula is C12H20N4O. The average molecular weight is 236 g/mol. The minimum atomic E-state index is 0.409. The standard InChI is InChI=1S/C12H20N4O/c1-3-4-13-11-7-12(15-8-14-11)16-9-5-10(6-9)17-2/h7-10H,3-6H2,1-2H3,(H2,13,14,15,16). The third kappa shape index (κ3) is 3.30. The molecule has 5 nitrogen and oxygen atoms in total. The van der Waals surface area contributed by atoms with Crippen LogP contribution >= 0.6 is 0 Å². The van der Waals surface area contributed by atoms with E-state index in [-0.39, 0.29) is 0 Å². The van der Waals surface area contributed by atoms with Gasteiger partial charge in [0.2, 0.25) is 0 Å². The van der Waals surface area contributed by atoms with Crippen molar-refractivity contribution in [3.05, 3.63) is 12.4 Å². The molecule has 17 heavy (non-hydrogen) atoms. The number of hydrogen-bond acceptors (Lipinski definition) is 5. The van der Waals surface area contributed by atoms with E-state index < -0.39 is 0 Å². The van der Waals surface area contributed by atoms with Crippen LogP contribution in [-0.4, -0.2) is 35.8 Å². The zero-order valence-corrected chi connectivity index (χ0v) is 10.4. The van der Waals surface area contributed by atoms with E-state index in [1.54, 1.807) is 13.4 Å².